The van der Waals surface area contributed by atoms with Gasteiger partial charge in [0, 0.05) is 68.9 Å². The van der Waals surface area contributed by atoms with Crippen molar-refractivity contribution in [2.45, 2.75) is 0 Å². The molecule has 0 spiro atoms. The number of rotatable bonds is 6. The molecule has 4 aromatic heterocycles. The van der Waals surface area contributed by atoms with Crippen LogP contribution < -0.4 is 0 Å². The minimum absolute atomic E-state index is 0.569. The summed E-state index contributed by atoms with van der Waals surface area (Å²) in [5, 5.41) is 1.89. The molecule has 4 heterocycles. The maximum Gasteiger partial charge on any atom is 0.164 e. The number of benzene rings is 5. The van der Waals surface area contributed by atoms with E-state index in [1.165, 1.54) is 0 Å². The van der Waals surface area contributed by atoms with Gasteiger partial charge in [0.05, 0.1) is 0 Å². The van der Waals surface area contributed by atoms with Gasteiger partial charge in [-0.1, -0.05) is 109 Å². The van der Waals surface area contributed by atoms with Crippen LogP contribution in [0.25, 0.3) is 89.5 Å². The van der Waals surface area contributed by atoms with Gasteiger partial charge in [-0.05, 0) is 47.0 Å². The molecule has 0 saturated heterocycles. The third-order valence-corrected chi connectivity index (χ3v) is 8.72. The van der Waals surface area contributed by atoms with E-state index in [4.69, 9.17) is 19.4 Å². The average Bonchev–Trinajstić information content (AvgIpc) is 3.58. The topological polar surface area (TPSA) is 77.6 Å². The summed E-state index contributed by atoms with van der Waals surface area (Å²) in [6, 6.07) is 47.1. The van der Waals surface area contributed by atoms with Gasteiger partial charge in [-0.25, -0.2) is 15.0 Å². The van der Waals surface area contributed by atoms with Gasteiger partial charge in [0.1, 0.15) is 11.2 Å². The summed E-state index contributed by atoms with van der Waals surface area (Å²) in [6.45, 7) is 0. The Morgan fingerprint density at radius 3 is 1.63 bits per heavy atom. The second-order valence-electron chi connectivity index (χ2n) is 11.8. The zero-order valence-electron chi connectivity index (χ0n) is 26.2. The van der Waals surface area contributed by atoms with Crippen molar-refractivity contribution in [3.63, 3.8) is 0 Å². The Morgan fingerprint density at radius 2 is 0.959 bits per heavy atom. The lowest BCUT2D eigenvalue weighted by Gasteiger charge is -2.10. The lowest BCUT2D eigenvalue weighted by Crippen LogP contribution is -2.00. The van der Waals surface area contributed by atoms with E-state index in [2.05, 4.69) is 76.7 Å². The second kappa shape index (κ2) is 12.1. The SMILES string of the molecule is c1ccc(-c2ccc(-c3nc(-c4ccccc4)nc(-c4cccc5oc6c(-c7cccnc7)cc(-c7cccnc7)cc6c45)n3)cc2)cc1. The van der Waals surface area contributed by atoms with Crippen molar-refractivity contribution in [2.75, 3.05) is 0 Å². The van der Waals surface area contributed by atoms with Gasteiger partial charge in [-0.15, -0.1) is 0 Å². The van der Waals surface area contributed by atoms with Crippen LogP contribution in [-0.4, -0.2) is 24.9 Å². The third-order valence-electron chi connectivity index (χ3n) is 8.72. The van der Waals surface area contributed by atoms with Crippen LogP contribution in [0, 0.1) is 0 Å². The van der Waals surface area contributed by atoms with Gasteiger partial charge in [-0.3, -0.25) is 9.97 Å². The maximum absolute atomic E-state index is 6.66. The lowest BCUT2D eigenvalue weighted by atomic mass is 9.96. The molecule has 0 bridgehead atoms. The largest absolute Gasteiger partial charge is 0.455 e. The Kier molecular flexibility index (Phi) is 7.02. The summed E-state index contributed by atoms with van der Waals surface area (Å²) in [5.41, 5.74) is 10.4. The van der Waals surface area contributed by atoms with Crippen molar-refractivity contribution in [1.82, 2.24) is 24.9 Å². The first-order chi connectivity index (χ1) is 24.3. The molecule has 230 valence electrons. The van der Waals surface area contributed by atoms with Crippen LogP contribution in [0.3, 0.4) is 0 Å². The van der Waals surface area contributed by atoms with E-state index in [1.807, 2.05) is 85.2 Å². The Balaban J connectivity index is 1.28. The van der Waals surface area contributed by atoms with Gasteiger partial charge in [0.15, 0.2) is 17.5 Å². The Hall–Kier alpha value is -6.79. The molecular formula is C43H27N5O. The van der Waals surface area contributed by atoms with E-state index in [1.54, 1.807) is 12.4 Å². The van der Waals surface area contributed by atoms with Gasteiger partial charge < -0.3 is 4.42 Å². The third kappa shape index (κ3) is 5.31. The number of fused-ring (bicyclic) bond motifs is 3. The molecule has 0 saturated carbocycles. The summed E-state index contributed by atoms with van der Waals surface area (Å²) in [5.74, 6) is 1.77. The smallest absolute Gasteiger partial charge is 0.164 e. The molecule has 0 N–H and O–H groups in total. The van der Waals surface area contributed by atoms with Crippen molar-refractivity contribution in [2.24, 2.45) is 0 Å². The van der Waals surface area contributed by atoms with E-state index in [9.17, 15) is 0 Å². The molecule has 6 heteroatoms. The predicted octanol–water partition coefficient (Wildman–Crippen LogP) is 10.6. The molecule has 0 atom stereocenters. The first-order valence-electron chi connectivity index (χ1n) is 16.1. The second-order valence-corrected chi connectivity index (χ2v) is 11.8. The zero-order chi connectivity index (χ0) is 32.6. The van der Waals surface area contributed by atoms with Crippen molar-refractivity contribution in [1.29, 1.82) is 0 Å². The van der Waals surface area contributed by atoms with Crippen LogP contribution >= 0.6 is 0 Å². The van der Waals surface area contributed by atoms with Crippen molar-refractivity contribution in [3.05, 3.63) is 164 Å². The van der Waals surface area contributed by atoms with Crippen molar-refractivity contribution < 1.29 is 4.42 Å². The molecule has 6 nitrogen and oxygen atoms in total. The van der Waals surface area contributed by atoms with E-state index >= 15 is 0 Å². The fraction of sp³-hybridized carbons (Fsp3) is 0. The molecule has 0 fully saturated rings. The lowest BCUT2D eigenvalue weighted by molar-refractivity contribution is 0.670. The summed E-state index contributed by atoms with van der Waals surface area (Å²) in [6.07, 6.45) is 7.31. The van der Waals surface area contributed by atoms with Gasteiger partial charge >= 0.3 is 0 Å². The molecule has 0 unspecified atom stereocenters. The van der Waals surface area contributed by atoms with Gasteiger partial charge in [-0.2, -0.15) is 0 Å². The van der Waals surface area contributed by atoms with E-state index in [0.717, 1.165) is 72.0 Å². The molecular weight excluding hydrogens is 603 g/mol. The molecule has 0 aliphatic carbocycles. The highest BCUT2D eigenvalue weighted by atomic mass is 16.3. The van der Waals surface area contributed by atoms with Crippen LogP contribution in [0.15, 0.2) is 169 Å². The number of nitrogens with zero attached hydrogens (tertiary/aromatic N) is 5. The monoisotopic (exact) mass is 629 g/mol. The summed E-state index contributed by atoms with van der Waals surface area (Å²) in [7, 11) is 0. The van der Waals surface area contributed by atoms with Gasteiger partial charge in [0.25, 0.3) is 0 Å². The Bertz CT molecular complexity index is 2570. The number of furan rings is 1. The van der Waals surface area contributed by atoms with Crippen molar-refractivity contribution in [3.8, 4) is 67.5 Å². The number of aromatic nitrogens is 5. The molecule has 0 aliphatic heterocycles. The standard InChI is InChI=1S/C43H27N5O/c1-3-10-28(11-4-1)29-18-20-31(21-19-29)42-46-41(30-12-5-2-6-13-30)47-43(48-42)35-16-7-17-38-39(35)37-25-34(32-14-8-22-44-26-32)24-36(40(37)49-38)33-15-9-23-45-27-33/h1-27H. The molecule has 9 rings (SSSR count). The fourth-order valence-electron chi connectivity index (χ4n) is 6.34. The van der Waals surface area contributed by atoms with Gasteiger partial charge in [0.2, 0.25) is 0 Å². The van der Waals surface area contributed by atoms with Crippen LogP contribution in [-0.2, 0) is 0 Å². The Morgan fingerprint density at radius 1 is 0.388 bits per heavy atom. The highest BCUT2D eigenvalue weighted by molar-refractivity contribution is 6.16. The summed E-state index contributed by atoms with van der Waals surface area (Å²) < 4.78 is 6.66. The summed E-state index contributed by atoms with van der Waals surface area (Å²) >= 11 is 0. The van der Waals surface area contributed by atoms with Crippen LogP contribution in [0.4, 0.5) is 0 Å². The summed E-state index contributed by atoms with van der Waals surface area (Å²) in [4.78, 5) is 24.0. The first-order valence-corrected chi connectivity index (χ1v) is 16.1. The van der Waals surface area contributed by atoms with Crippen LogP contribution in [0.1, 0.15) is 0 Å². The normalized spacial score (nSPS) is 11.3. The molecule has 0 radical (unpaired) electrons. The minimum atomic E-state index is 0.569. The molecule has 5 aromatic carbocycles. The average molecular weight is 630 g/mol. The number of hydrogen-bond acceptors (Lipinski definition) is 6. The maximum atomic E-state index is 6.66. The minimum Gasteiger partial charge on any atom is -0.455 e. The van der Waals surface area contributed by atoms with Crippen LogP contribution in [0.5, 0.6) is 0 Å². The quantitative estimate of drug-likeness (QED) is 0.182. The fourth-order valence-corrected chi connectivity index (χ4v) is 6.34. The highest BCUT2D eigenvalue weighted by Crippen LogP contribution is 2.42. The molecule has 9 aromatic rings. The van der Waals surface area contributed by atoms with Crippen LogP contribution in [0.2, 0.25) is 0 Å². The van der Waals surface area contributed by atoms with Crippen molar-refractivity contribution >= 4 is 21.9 Å². The number of hydrogen-bond donors (Lipinski definition) is 0. The highest BCUT2D eigenvalue weighted by Gasteiger charge is 2.21. The van der Waals surface area contributed by atoms with E-state index in [-0.39, 0.29) is 0 Å². The zero-order valence-corrected chi connectivity index (χ0v) is 26.2. The number of pyridine rings is 2. The molecule has 0 amide bonds. The van der Waals surface area contributed by atoms with E-state index < -0.39 is 0 Å². The predicted molar refractivity (Wildman–Crippen MR) is 195 cm³/mol. The Labute approximate surface area is 282 Å². The van der Waals surface area contributed by atoms with E-state index in [0.29, 0.717) is 17.5 Å². The first kappa shape index (κ1) is 28.4. The molecule has 49 heavy (non-hydrogen) atoms. The molecule has 0 aliphatic rings.